The van der Waals surface area contributed by atoms with Gasteiger partial charge < -0.3 is 0 Å². The minimum atomic E-state index is -0.195. The van der Waals surface area contributed by atoms with E-state index in [0.29, 0.717) is 5.56 Å². The molecule has 0 saturated heterocycles. The van der Waals surface area contributed by atoms with E-state index in [2.05, 4.69) is 17.3 Å². The fraction of sp³-hybridized carbons (Fsp3) is 0.385. The Kier molecular flexibility index (Phi) is 4.97. The van der Waals surface area contributed by atoms with Gasteiger partial charge in [-0.3, -0.25) is 11.3 Å². The number of nitrogens with two attached hydrogens (primary N) is 1. The summed E-state index contributed by atoms with van der Waals surface area (Å²) >= 11 is 0. The van der Waals surface area contributed by atoms with Gasteiger partial charge in [0.2, 0.25) is 0 Å². The predicted molar refractivity (Wildman–Crippen MR) is 63.9 cm³/mol. The SMILES string of the molecule is CC#CCCC(NN)c1ccc(C)c(F)c1. The minimum absolute atomic E-state index is 0.0454. The molecular formula is C13H17FN2. The van der Waals surface area contributed by atoms with Crippen molar-refractivity contribution in [1.82, 2.24) is 5.43 Å². The maximum atomic E-state index is 13.4. The molecule has 16 heavy (non-hydrogen) atoms. The molecule has 1 unspecified atom stereocenters. The zero-order chi connectivity index (χ0) is 12.0. The van der Waals surface area contributed by atoms with Gasteiger partial charge in [0, 0.05) is 12.5 Å². The minimum Gasteiger partial charge on any atom is -0.271 e. The molecule has 1 atom stereocenters. The van der Waals surface area contributed by atoms with Gasteiger partial charge in [-0.2, -0.15) is 0 Å². The molecule has 0 aliphatic heterocycles. The number of aryl methyl sites for hydroxylation is 1. The van der Waals surface area contributed by atoms with Crippen molar-refractivity contribution in [3.8, 4) is 11.8 Å². The summed E-state index contributed by atoms with van der Waals surface area (Å²) in [5.74, 6) is 11.1. The standard InChI is InChI=1S/C13H17FN2/c1-3-4-5-6-13(16-15)11-8-7-10(2)12(14)9-11/h7-9,13,16H,5-6,15H2,1-2H3. The highest BCUT2D eigenvalue weighted by atomic mass is 19.1. The second-order valence-corrected chi connectivity index (χ2v) is 3.69. The average molecular weight is 220 g/mol. The Hall–Kier alpha value is -1.37. The first-order valence-electron chi connectivity index (χ1n) is 5.30. The van der Waals surface area contributed by atoms with Crippen molar-refractivity contribution in [3.05, 3.63) is 35.1 Å². The van der Waals surface area contributed by atoms with Gasteiger partial charge in [0.1, 0.15) is 5.82 Å². The average Bonchev–Trinajstić information content (AvgIpc) is 2.29. The van der Waals surface area contributed by atoms with E-state index in [9.17, 15) is 4.39 Å². The van der Waals surface area contributed by atoms with Crippen molar-refractivity contribution in [2.45, 2.75) is 32.7 Å². The highest BCUT2D eigenvalue weighted by Gasteiger charge is 2.10. The lowest BCUT2D eigenvalue weighted by Crippen LogP contribution is -2.28. The van der Waals surface area contributed by atoms with Crippen molar-refractivity contribution in [2.75, 3.05) is 0 Å². The van der Waals surface area contributed by atoms with E-state index < -0.39 is 0 Å². The highest BCUT2D eigenvalue weighted by molar-refractivity contribution is 5.25. The monoisotopic (exact) mass is 220 g/mol. The van der Waals surface area contributed by atoms with Gasteiger partial charge in [0.25, 0.3) is 0 Å². The number of hydrogen-bond donors (Lipinski definition) is 2. The van der Waals surface area contributed by atoms with E-state index >= 15 is 0 Å². The lowest BCUT2D eigenvalue weighted by atomic mass is 10.0. The van der Waals surface area contributed by atoms with Crippen LogP contribution in [0.2, 0.25) is 0 Å². The quantitative estimate of drug-likeness (QED) is 0.464. The molecule has 1 rings (SSSR count). The molecule has 2 nitrogen and oxygen atoms in total. The largest absolute Gasteiger partial charge is 0.271 e. The Balaban J connectivity index is 2.77. The van der Waals surface area contributed by atoms with Crippen LogP contribution in [-0.2, 0) is 0 Å². The van der Waals surface area contributed by atoms with Crippen LogP contribution in [0.25, 0.3) is 0 Å². The summed E-state index contributed by atoms with van der Waals surface area (Å²) in [4.78, 5) is 0. The molecule has 0 heterocycles. The Morgan fingerprint density at radius 1 is 1.50 bits per heavy atom. The van der Waals surface area contributed by atoms with Gasteiger partial charge in [-0.15, -0.1) is 11.8 Å². The summed E-state index contributed by atoms with van der Waals surface area (Å²) in [6.07, 6.45) is 1.53. The van der Waals surface area contributed by atoms with Crippen molar-refractivity contribution in [3.63, 3.8) is 0 Å². The predicted octanol–water partition coefficient (Wildman–Crippen LogP) is 2.44. The topological polar surface area (TPSA) is 38.0 Å². The van der Waals surface area contributed by atoms with Gasteiger partial charge in [-0.1, -0.05) is 12.1 Å². The Bertz CT molecular complexity index is 404. The van der Waals surface area contributed by atoms with Gasteiger partial charge >= 0.3 is 0 Å². The first-order chi connectivity index (χ1) is 7.69. The molecule has 0 aliphatic rings. The molecule has 0 fully saturated rings. The molecule has 1 aromatic rings. The fourth-order valence-electron chi connectivity index (χ4n) is 1.51. The van der Waals surface area contributed by atoms with Crippen molar-refractivity contribution < 1.29 is 4.39 Å². The van der Waals surface area contributed by atoms with Crippen LogP contribution in [0.5, 0.6) is 0 Å². The summed E-state index contributed by atoms with van der Waals surface area (Å²) in [6, 6.07) is 5.14. The first-order valence-corrected chi connectivity index (χ1v) is 5.30. The molecule has 0 spiro atoms. The smallest absolute Gasteiger partial charge is 0.126 e. The molecule has 0 amide bonds. The lowest BCUT2D eigenvalue weighted by Gasteiger charge is -2.15. The Morgan fingerprint density at radius 2 is 2.25 bits per heavy atom. The summed E-state index contributed by atoms with van der Waals surface area (Å²) in [5, 5.41) is 0. The Labute approximate surface area is 96.0 Å². The van der Waals surface area contributed by atoms with Gasteiger partial charge in [-0.25, -0.2) is 4.39 Å². The van der Waals surface area contributed by atoms with E-state index in [1.807, 2.05) is 6.07 Å². The summed E-state index contributed by atoms with van der Waals surface area (Å²) in [6.45, 7) is 3.54. The van der Waals surface area contributed by atoms with Crippen LogP contribution in [0.4, 0.5) is 4.39 Å². The van der Waals surface area contributed by atoms with Crippen LogP contribution >= 0.6 is 0 Å². The summed E-state index contributed by atoms with van der Waals surface area (Å²) in [5.41, 5.74) is 4.20. The number of benzene rings is 1. The first kappa shape index (κ1) is 12.7. The molecule has 0 saturated carbocycles. The number of halogens is 1. The molecular weight excluding hydrogens is 203 g/mol. The van der Waals surface area contributed by atoms with Crippen LogP contribution in [0.1, 0.15) is 36.9 Å². The van der Waals surface area contributed by atoms with Crippen molar-refractivity contribution in [2.24, 2.45) is 5.84 Å². The third kappa shape index (κ3) is 3.34. The second kappa shape index (κ2) is 6.26. The van der Waals surface area contributed by atoms with Crippen LogP contribution in [0.15, 0.2) is 18.2 Å². The van der Waals surface area contributed by atoms with E-state index in [-0.39, 0.29) is 11.9 Å². The second-order valence-electron chi connectivity index (χ2n) is 3.69. The van der Waals surface area contributed by atoms with E-state index in [1.54, 1.807) is 19.9 Å². The van der Waals surface area contributed by atoms with Gasteiger partial charge in [0.05, 0.1) is 0 Å². The molecule has 0 bridgehead atoms. The number of rotatable bonds is 4. The molecule has 3 heteroatoms. The molecule has 86 valence electrons. The maximum Gasteiger partial charge on any atom is 0.126 e. The van der Waals surface area contributed by atoms with E-state index in [4.69, 9.17) is 5.84 Å². The fourth-order valence-corrected chi connectivity index (χ4v) is 1.51. The zero-order valence-corrected chi connectivity index (χ0v) is 9.68. The zero-order valence-electron chi connectivity index (χ0n) is 9.68. The van der Waals surface area contributed by atoms with Crippen LogP contribution in [0.3, 0.4) is 0 Å². The number of hydrazine groups is 1. The van der Waals surface area contributed by atoms with Gasteiger partial charge in [-0.05, 0) is 37.5 Å². The molecule has 0 aliphatic carbocycles. The molecule has 0 radical (unpaired) electrons. The van der Waals surface area contributed by atoms with E-state index in [0.717, 1.165) is 18.4 Å². The maximum absolute atomic E-state index is 13.4. The van der Waals surface area contributed by atoms with Gasteiger partial charge in [0.15, 0.2) is 0 Å². The van der Waals surface area contributed by atoms with E-state index in [1.165, 1.54) is 6.07 Å². The number of nitrogens with one attached hydrogen (secondary N) is 1. The molecule has 3 N–H and O–H groups in total. The molecule has 0 aromatic heterocycles. The lowest BCUT2D eigenvalue weighted by molar-refractivity contribution is 0.518. The highest BCUT2D eigenvalue weighted by Crippen LogP contribution is 2.19. The normalized spacial score (nSPS) is 11.8. The van der Waals surface area contributed by atoms with Crippen molar-refractivity contribution in [1.29, 1.82) is 0 Å². The molecule has 1 aromatic carbocycles. The van der Waals surface area contributed by atoms with Crippen LogP contribution in [0, 0.1) is 24.6 Å². The van der Waals surface area contributed by atoms with Crippen molar-refractivity contribution >= 4 is 0 Å². The third-order valence-corrected chi connectivity index (χ3v) is 2.53. The Morgan fingerprint density at radius 3 is 2.81 bits per heavy atom. The third-order valence-electron chi connectivity index (χ3n) is 2.53. The van der Waals surface area contributed by atoms with Crippen LogP contribution < -0.4 is 11.3 Å². The number of hydrogen-bond acceptors (Lipinski definition) is 2. The summed E-state index contributed by atoms with van der Waals surface area (Å²) in [7, 11) is 0. The summed E-state index contributed by atoms with van der Waals surface area (Å²) < 4.78 is 13.4. The van der Waals surface area contributed by atoms with Crippen LogP contribution in [-0.4, -0.2) is 0 Å².